The van der Waals surface area contributed by atoms with Gasteiger partial charge in [-0.1, -0.05) is 17.7 Å². The van der Waals surface area contributed by atoms with Gasteiger partial charge >= 0.3 is 0 Å². The molecule has 0 unspecified atom stereocenters. The average Bonchev–Trinajstić information content (AvgIpc) is 2.41. The van der Waals surface area contributed by atoms with E-state index >= 15 is 0 Å². The molecule has 0 fully saturated rings. The lowest BCUT2D eigenvalue weighted by Crippen LogP contribution is -2.04. The highest BCUT2D eigenvalue weighted by Crippen LogP contribution is 2.27. The molecule has 0 spiro atoms. The van der Waals surface area contributed by atoms with Crippen LogP contribution in [0.25, 0.3) is 0 Å². The summed E-state index contributed by atoms with van der Waals surface area (Å²) in [6.07, 6.45) is 1.64. The molecule has 0 saturated carbocycles. The first-order chi connectivity index (χ1) is 9.11. The first-order valence-electron chi connectivity index (χ1n) is 5.89. The van der Waals surface area contributed by atoms with E-state index in [0.717, 1.165) is 22.7 Å². The van der Waals surface area contributed by atoms with E-state index in [1.165, 1.54) is 0 Å². The molecule has 0 saturated heterocycles. The minimum atomic E-state index is 0.541. The first kappa shape index (κ1) is 13.5. The zero-order valence-electron chi connectivity index (χ0n) is 10.9. The molecule has 2 aromatic rings. The van der Waals surface area contributed by atoms with Crippen molar-refractivity contribution in [1.82, 2.24) is 4.98 Å². The normalized spacial score (nSPS) is 10.3. The number of methoxy groups -OCH3 is 1. The highest BCUT2D eigenvalue weighted by molar-refractivity contribution is 6.31. The molecule has 0 aliphatic heterocycles. The second kappa shape index (κ2) is 5.80. The monoisotopic (exact) mass is 277 g/mol. The lowest BCUT2D eigenvalue weighted by Gasteiger charge is -2.12. The molecule has 1 aromatic heterocycles. The van der Waals surface area contributed by atoms with E-state index in [1.54, 1.807) is 13.3 Å². The second-order valence-corrected chi connectivity index (χ2v) is 4.61. The number of hydrogen-bond donors (Lipinski definition) is 2. The topological polar surface area (TPSA) is 60.2 Å². The SMILES string of the molecule is COc1cccc(Cl)c1CNc1cc(C)c(N)cn1. The van der Waals surface area contributed by atoms with Crippen LogP contribution in [0.3, 0.4) is 0 Å². The zero-order valence-corrected chi connectivity index (χ0v) is 11.7. The summed E-state index contributed by atoms with van der Waals surface area (Å²) in [5.74, 6) is 1.51. The molecule has 0 bridgehead atoms. The number of anilines is 2. The number of aromatic nitrogens is 1. The number of benzene rings is 1. The van der Waals surface area contributed by atoms with Gasteiger partial charge in [0.1, 0.15) is 11.6 Å². The second-order valence-electron chi connectivity index (χ2n) is 4.20. The van der Waals surface area contributed by atoms with Crippen LogP contribution < -0.4 is 15.8 Å². The van der Waals surface area contributed by atoms with Gasteiger partial charge in [0.05, 0.1) is 19.0 Å². The summed E-state index contributed by atoms with van der Waals surface area (Å²) >= 11 is 6.17. The Morgan fingerprint density at radius 2 is 2.21 bits per heavy atom. The van der Waals surface area contributed by atoms with Gasteiger partial charge in [0.2, 0.25) is 0 Å². The van der Waals surface area contributed by atoms with Crippen LogP contribution in [0.2, 0.25) is 5.02 Å². The molecule has 0 amide bonds. The Balaban J connectivity index is 2.16. The molecule has 1 aromatic carbocycles. The summed E-state index contributed by atoms with van der Waals surface area (Å²) in [4.78, 5) is 4.22. The van der Waals surface area contributed by atoms with Gasteiger partial charge in [0.25, 0.3) is 0 Å². The molecule has 0 atom stereocenters. The van der Waals surface area contributed by atoms with E-state index in [4.69, 9.17) is 22.1 Å². The standard InChI is InChI=1S/C14H16ClN3O/c1-9-6-14(18-8-12(9)16)17-7-10-11(15)4-3-5-13(10)19-2/h3-6,8H,7,16H2,1-2H3,(H,17,18). The van der Waals surface area contributed by atoms with Crippen LogP contribution in [0.5, 0.6) is 5.75 Å². The number of halogens is 1. The molecule has 19 heavy (non-hydrogen) atoms. The third-order valence-electron chi connectivity index (χ3n) is 2.89. The Labute approximate surface area is 117 Å². The highest BCUT2D eigenvalue weighted by Gasteiger charge is 2.07. The molecule has 3 N–H and O–H groups in total. The maximum atomic E-state index is 6.17. The van der Waals surface area contributed by atoms with Crippen LogP contribution in [0.4, 0.5) is 11.5 Å². The summed E-state index contributed by atoms with van der Waals surface area (Å²) in [7, 11) is 1.63. The molecule has 2 rings (SSSR count). The Kier molecular flexibility index (Phi) is 4.12. The molecule has 0 radical (unpaired) electrons. The van der Waals surface area contributed by atoms with E-state index in [2.05, 4.69) is 10.3 Å². The molecule has 4 nitrogen and oxygen atoms in total. The van der Waals surface area contributed by atoms with Crippen molar-refractivity contribution in [2.45, 2.75) is 13.5 Å². The summed E-state index contributed by atoms with van der Waals surface area (Å²) in [6, 6.07) is 7.47. The molecule has 0 aliphatic rings. The van der Waals surface area contributed by atoms with Gasteiger partial charge in [-0.2, -0.15) is 0 Å². The summed E-state index contributed by atoms with van der Waals surface area (Å²) in [5, 5.41) is 3.88. The predicted molar refractivity (Wildman–Crippen MR) is 78.7 cm³/mol. The number of pyridine rings is 1. The van der Waals surface area contributed by atoms with Crippen molar-refractivity contribution in [3.05, 3.63) is 46.6 Å². The lowest BCUT2D eigenvalue weighted by atomic mass is 10.2. The maximum absolute atomic E-state index is 6.17. The molecule has 5 heteroatoms. The minimum absolute atomic E-state index is 0.541. The number of aryl methyl sites for hydroxylation is 1. The number of nitrogens with zero attached hydrogens (tertiary/aromatic N) is 1. The van der Waals surface area contributed by atoms with Gasteiger partial charge < -0.3 is 15.8 Å². The van der Waals surface area contributed by atoms with Crippen molar-refractivity contribution in [1.29, 1.82) is 0 Å². The van der Waals surface area contributed by atoms with E-state index < -0.39 is 0 Å². The molecule has 100 valence electrons. The van der Waals surface area contributed by atoms with E-state index in [1.807, 2.05) is 31.2 Å². The lowest BCUT2D eigenvalue weighted by molar-refractivity contribution is 0.410. The Hall–Kier alpha value is -1.94. The third-order valence-corrected chi connectivity index (χ3v) is 3.25. The Morgan fingerprint density at radius 3 is 2.89 bits per heavy atom. The highest BCUT2D eigenvalue weighted by atomic mass is 35.5. The summed E-state index contributed by atoms with van der Waals surface area (Å²) < 4.78 is 5.29. The van der Waals surface area contributed by atoms with Gasteiger partial charge in [-0.15, -0.1) is 0 Å². The molecule has 1 heterocycles. The number of nitrogen functional groups attached to an aromatic ring is 1. The number of nitrogens with two attached hydrogens (primary N) is 1. The summed E-state index contributed by atoms with van der Waals surface area (Å²) in [5.41, 5.74) is 8.31. The van der Waals surface area contributed by atoms with Gasteiger partial charge in [0.15, 0.2) is 0 Å². The van der Waals surface area contributed by atoms with E-state index in [-0.39, 0.29) is 0 Å². The number of nitrogens with one attached hydrogen (secondary N) is 1. The van der Waals surface area contributed by atoms with Crippen LogP contribution >= 0.6 is 11.6 Å². The Morgan fingerprint density at radius 1 is 1.42 bits per heavy atom. The van der Waals surface area contributed by atoms with Gasteiger partial charge in [0, 0.05) is 17.1 Å². The van der Waals surface area contributed by atoms with Crippen molar-refractivity contribution in [3.63, 3.8) is 0 Å². The molecule has 0 aliphatic carbocycles. The zero-order chi connectivity index (χ0) is 13.8. The number of hydrogen-bond acceptors (Lipinski definition) is 4. The van der Waals surface area contributed by atoms with Crippen molar-refractivity contribution in [2.75, 3.05) is 18.2 Å². The smallest absolute Gasteiger partial charge is 0.126 e. The van der Waals surface area contributed by atoms with Crippen molar-refractivity contribution in [3.8, 4) is 5.75 Å². The third kappa shape index (κ3) is 3.09. The van der Waals surface area contributed by atoms with Crippen LogP contribution in [-0.2, 0) is 6.54 Å². The van der Waals surface area contributed by atoms with Crippen molar-refractivity contribution >= 4 is 23.1 Å². The predicted octanol–water partition coefficient (Wildman–Crippen LogP) is 3.25. The fourth-order valence-corrected chi connectivity index (χ4v) is 1.98. The van der Waals surface area contributed by atoms with Crippen molar-refractivity contribution in [2.24, 2.45) is 0 Å². The fraction of sp³-hybridized carbons (Fsp3) is 0.214. The van der Waals surface area contributed by atoms with E-state index in [0.29, 0.717) is 17.3 Å². The van der Waals surface area contributed by atoms with Gasteiger partial charge in [-0.25, -0.2) is 4.98 Å². The van der Waals surface area contributed by atoms with Crippen molar-refractivity contribution < 1.29 is 4.74 Å². The van der Waals surface area contributed by atoms with Crippen LogP contribution in [0.1, 0.15) is 11.1 Å². The number of ether oxygens (including phenoxy) is 1. The first-order valence-corrected chi connectivity index (χ1v) is 6.27. The maximum Gasteiger partial charge on any atom is 0.126 e. The molecular weight excluding hydrogens is 262 g/mol. The molecular formula is C14H16ClN3O. The van der Waals surface area contributed by atoms with Crippen LogP contribution in [-0.4, -0.2) is 12.1 Å². The summed E-state index contributed by atoms with van der Waals surface area (Å²) in [6.45, 7) is 2.48. The fourth-order valence-electron chi connectivity index (χ4n) is 1.74. The van der Waals surface area contributed by atoms with Gasteiger partial charge in [-0.05, 0) is 30.7 Å². The van der Waals surface area contributed by atoms with E-state index in [9.17, 15) is 0 Å². The number of rotatable bonds is 4. The van der Waals surface area contributed by atoms with Crippen LogP contribution in [0, 0.1) is 6.92 Å². The Bertz CT molecular complexity index is 587. The van der Waals surface area contributed by atoms with Crippen LogP contribution in [0.15, 0.2) is 30.5 Å². The average molecular weight is 278 g/mol. The van der Waals surface area contributed by atoms with Gasteiger partial charge in [-0.3, -0.25) is 0 Å². The minimum Gasteiger partial charge on any atom is -0.496 e. The largest absolute Gasteiger partial charge is 0.496 e. The quantitative estimate of drug-likeness (QED) is 0.901.